The molecular weight excluding hydrogens is 466 g/mol. The highest BCUT2D eigenvalue weighted by molar-refractivity contribution is 5.86. The van der Waals surface area contributed by atoms with Crippen LogP contribution in [0.25, 0.3) is 16.6 Å². The van der Waals surface area contributed by atoms with Gasteiger partial charge in [0.15, 0.2) is 0 Å². The monoisotopic (exact) mass is 491 g/mol. The van der Waals surface area contributed by atoms with Gasteiger partial charge in [-0.25, -0.2) is 14.5 Å². The number of fused-ring (bicyclic) bond motifs is 3. The summed E-state index contributed by atoms with van der Waals surface area (Å²) >= 11 is 0. The molecule has 3 saturated heterocycles. The lowest BCUT2D eigenvalue weighted by molar-refractivity contribution is -0.00876. The number of nitrogens with one attached hydrogen (secondary N) is 1. The first kappa shape index (κ1) is 22.8. The lowest BCUT2D eigenvalue weighted by atomic mass is 9.87. The number of nitriles is 2. The quantitative estimate of drug-likeness (QED) is 0.389. The van der Waals surface area contributed by atoms with E-state index in [2.05, 4.69) is 43.4 Å². The average molecular weight is 492 g/mol. The Morgan fingerprint density at radius 3 is 2.62 bits per heavy atom. The van der Waals surface area contributed by atoms with Crippen LogP contribution >= 0.6 is 0 Å². The lowest BCUT2D eigenvalue weighted by Gasteiger charge is -2.56. The number of aromatic nitrogens is 4. The number of hydrogen-bond donors (Lipinski definition) is 1. The number of hydrogen-bond acceptors (Lipinski definition) is 9. The van der Waals surface area contributed by atoms with Gasteiger partial charge >= 0.3 is 0 Å². The number of methoxy groups -OCH3 is 1. The maximum atomic E-state index is 9.59. The molecule has 0 radical (unpaired) electrons. The molecule has 0 amide bonds. The van der Waals surface area contributed by atoms with Crippen LogP contribution < -0.4 is 15.0 Å². The highest BCUT2D eigenvalue weighted by Gasteiger charge is 2.44. The summed E-state index contributed by atoms with van der Waals surface area (Å²) in [5.41, 5.74) is 4.90. The Kier molecular flexibility index (Phi) is 5.79. The molecule has 2 atom stereocenters. The van der Waals surface area contributed by atoms with Gasteiger partial charge in [-0.2, -0.15) is 15.6 Å². The molecule has 2 bridgehead atoms. The van der Waals surface area contributed by atoms with Gasteiger partial charge in [-0.1, -0.05) is 6.07 Å². The van der Waals surface area contributed by atoms with E-state index in [0.717, 1.165) is 47.8 Å². The molecule has 184 valence electrons. The molecular formula is C27H25N9O. The molecule has 10 heteroatoms. The highest BCUT2D eigenvalue weighted by Crippen LogP contribution is 2.36. The molecule has 2 unspecified atom stereocenters. The largest absolute Gasteiger partial charge is 0.481 e. The zero-order valence-electron chi connectivity index (χ0n) is 20.4. The third kappa shape index (κ3) is 4.18. The van der Waals surface area contributed by atoms with Gasteiger partial charge in [-0.15, -0.1) is 0 Å². The molecule has 1 N–H and O–H groups in total. The zero-order chi connectivity index (χ0) is 25.4. The number of anilines is 2. The van der Waals surface area contributed by atoms with Gasteiger partial charge in [0.05, 0.1) is 42.3 Å². The van der Waals surface area contributed by atoms with E-state index >= 15 is 0 Å². The summed E-state index contributed by atoms with van der Waals surface area (Å²) < 4.78 is 6.84. The van der Waals surface area contributed by atoms with Crippen molar-refractivity contribution in [3.63, 3.8) is 0 Å². The van der Waals surface area contributed by atoms with Crippen molar-refractivity contribution < 1.29 is 4.74 Å². The van der Waals surface area contributed by atoms with Crippen molar-refractivity contribution >= 4 is 17.0 Å². The van der Waals surface area contributed by atoms with E-state index in [1.54, 1.807) is 24.0 Å². The predicted octanol–water partition coefficient (Wildman–Crippen LogP) is 3.07. The van der Waals surface area contributed by atoms with Gasteiger partial charge in [0.1, 0.15) is 18.4 Å². The van der Waals surface area contributed by atoms with Crippen LogP contribution in [-0.4, -0.2) is 63.3 Å². The number of rotatable bonds is 7. The van der Waals surface area contributed by atoms with Gasteiger partial charge in [-0.3, -0.25) is 4.90 Å². The van der Waals surface area contributed by atoms with E-state index in [-0.39, 0.29) is 6.54 Å². The van der Waals surface area contributed by atoms with Crippen LogP contribution in [0.3, 0.4) is 0 Å². The standard InChI is InChI=1S/C27H25N9O/c1-37-26-5-2-18(11-32-26)14-35-22-9-23(35)17-34(16-22)25-4-3-19(12-31-25)24-8-21(30-7-6-28)15-36-27(24)20(10-29)13-33-36/h2-5,8,11-13,15,22-23,30H,7,9,14,16-17H2,1H3. The number of ether oxygens (including phenoxy) is 1. The number of piperidine rings is 1. The van der Waals surface area contributed by atoms with Crippen molar-refractivity contribution in [3.05, 3.63) is 66.2 Å². The molecule has 7 heterocycles. The summed E-state index contributed by atoms with van der Waals surface area (Å²) in [6, 6.07) is 15.3. The summed E-state index contributed by atoms with van der Waals surface area (Å²) in [7, 11) is 1.63. The summed E-state index contributed by atoms with van der Waals surface area (Å²) in [4.78, 5) is 14.0. The lowest BCUT2D eigenvalue weighted by Crippen LogP contribution is -2.68. The Morgan fingerprint density at radius 2 is 1.95 bits per heavy atom. The van der Waals surface area contributed by atoms with E-state index in [1.165, 1.54) is 12.0 Å². The number of nitrogens with zero attached hydrogens (tertiary/aromatic N) is 8. The van der Waals surface area contributed by atoms with E-state index in [4.69, 9.17) is 15.0 Å². The summed E-state index contributed by atoms with van der Waals surface area (Å²) in [6.07, 6.45) is 8.30. The molecule has 0 aromatic carbocycles. The van der Waals surface area contributed by atoms with E-state index in [0.29, 0.717) is 23.5 Å². The van der Waals surface area contributed by atoms with Crippen LogP contribution in [-0.2, 0) is 6.54 Å². The van der Waals surface area contributed by atoms with E-state index < -0.39 is 0 Å². The molecule has 4 aromatic heterocycles. The summed E-state index contributed by atoms with van der Waals surface area (Å²) in [5.74, 6) is 1.59. The minimum atomic E-state index is 0.178. The smallest absolute Gasteiger partial charge is 0.212 e. The second-order valence-corrected chi connectivity index (χ2v) is 9.35. The average Bonchev–Trinajstić information content (AvgIpc) is 3.38. The molecule has 0 spiro atoms. The fourth-order valence-electron chi connectivity index (χ4n) is 5.36. The first-order valence-corrected chi connectivity index (χ1v) is 12.1. The molecule has 3 fully saturated rings. The zero-order valence-corrected chi connectivity index (χ0v) is 20.4. The van der Waals surface area contributed by atoms with Crippen LogP contribution in [0.4, 0.5) is 11.5 Å². The van der Waals surface area contributed by atoms with Crippen molar-refractivity contribution in [2.24, 2.45) is 0 Å². The maximum Gasteiger partial charge on any atom is 0.212 e. The molecule has 0 saturated carbocycles. The van der Waals surface area contributed by atoms with Crippen molar-refractivity contribution in [3.8, 4) is 29.1 Å². The summed E-state index contributed by atoms with van der Waals surface area (Å²) in [5, 5.41) is 25.9. The van der Waals surface area contributed by atoms with E-state index in [9.17, 15) is 5.26 Å². The van der Waals surface area contributed by atoms with Gasteiger partial charge < -0.3 is 15.0 Å². The molecule has 37 heavy (non-hydrogen) atoms. The first-order chi connectivity index (χ1) is 18.2. The Morgan fingerprint density at radius 1 is 1.08 bits per heavy atom. The Hall–Kier alpha value is -4.67. The fraction of sp³-hybridized carbons (Fsp3) is 0.296. The third-order valence-corrected chi connectivity index (χ3v) is 7.20. The predicted molar refractivity (Wildman–Crippen MR) is 138 cm³/mol. The minimum absolute atomic E-state index is 0.178. The second kappa shape index (κ2) is 9.41. The number of pyridine rings is 3. The van der Waals surface area contributed by atoms with E-state index in [1.807, 2.05) is 36.7 Å². The normalized spacial score (nSPS) is 18.6. The fourth-order valence-corrected chi connectivity index (χ4v) is 5.36. The number of piperazine rings is 1. The second-order valence-electron chi connectivity index (χ2n) is 9.35. The van der Waals surface area contributed by atoms with Gasteiger partial charge in [0.25, 0.3) is 0 Å². The van der Waals surface area contributed by atoms with Gasteiger partial charge in [0, 0.05) is 61.3 Å². The van der Waals surface area contributed by atoms with Crippen molar-refractivity contribution in [2.75, 3.05) is 37.0 Å². The highest BCUT2D eigenvalue weighted by atomic mass is 16.5. The SMILES string of the molecule is COc1ccc(CN2C3CC2CN(c2ccc(-c4cc(NCC#N)cn5ncc(C#N)c45)cn2)C3)cn1. The molecule has 3 aliphatic rings. The Balaban J connectivity index is 1.19. The van der Waals surface area contributed by atoms with Gasteiger partial charge in [-0.05, 0) is 30.2 Å². The van der Waals surface area contributed by atoms with Gasteiger partial charge in [0.2, 0.25) is 5.88 Å². The van der Waals surface area contributed by atoms with Crippen LogP contribution in [0.2, 0.25) is 0 Å². The summed E-state index contributed by atoms with van der Waals surface area (Å²) in [6.45, 7) is 2.94. The molecule has 7 rings (SSSR count). The first-order valence-electron chi connectivity index (χ1n) is 12.1. The van der Waals surface area contributed by atoms with Crippen LogP contribution in [0.5, 0.6) is 5.88 Å². The third-order valence-electron chi connectivity index (χ3n) is 7.20. The molecule has 0 aliphatic carbocycles. The maximum absolute atomic E-state index is 9.59. The van der Waals surface area contributed by atoms with Crippen molar-refractivity contribution in [2.45, 2.75) is 25.0 Å². The van der Waals surface area contributed by atoms with Crippen LogP contribution in [0.15, 0.2) is 55.1 Å². The minimum Gasteiger partial charge on any atom is -0.481 e. The Bertz CT molecular complexity index is 1500. The molecule has 4 aromatic rings. The van der Waals surface area contributed by atoms with Crippen molar-refractivity contribution in [1.29, 1.82) is 10.5 Å². The van der Waals surface area contributed by atoms with Crippen molar-refractivity contribution in [1.82, 2.24) is 24.5 Å². The molecule has 3 aliphatic heterocycles. The van der Waals surface area contributed by atoms with Crippen LogP contribution in [0, 0.1) is 22.7 Å². The Labute approximate surface area is 214 Å². The molecule has 10 nitrogen and oxygen atoms in total. The topological polar surface area (TPSA) is 118 Å². The van der Waals surface area contributed by atoms with Crippen LogP contribution in [0.1, 0.15) is 17.5 Å².